The molecular weight excluding hydrogens is 356 g/mol. The molecule has 3 rings (SSSR count). The van der Waals surface area contributed by atoms with Crippen molar-refractivity contribution in [2.24, 2.45) is 11.8 Å². The van der Waals surface area contributed by atoms with Crippen LogP contribution in [0.5, 0.6) is 0 Å². The normalized spacial score (nSPS) is 28.3. The first-order chi connectivity index (χ1) is 13.7. The Hall–Kier alpha value is -1.73. The maximum absolute atomic E-state index is 13.5. The lowest BCUT2D eigenvalue weighted by atomic mass is 9.79. The Morgan fingerprint density at radius 1 is 0.964 bits per heavy atom. The van der Waals surface area contributed by atoms with Crippen LogP contribution in [0.2, 0.25) is 0 Å². The van der Waals surface area contributed by atoms with Crippen LogP contribution >= 0.6 is 0 Å². The van der Waals surface area contributed by atoms with Gasteiger partial charge in [-0.25, -0.2) is 8.78 Å². The van der Waals surface area contributed by atoms with E-state index in [2.05, 4.69) is 0 Å². The van der Waals surface area contributed by atoms with Crippen molar-refractivity contribution in [3.05, 3.63) is 47.5 Å². The Balaban J connectivity index is 1.32. The summed E-state index contributed by atoms with van der Waals surface area (Å²) in [7, 11) is 0. The van der Waals surface area contributed by atoms with Gasteiger partial charge >= 0.3 is 0 Å². The molecule has 0 N–H and O–H groups in total. The molecule has 2 aliphatic carbocycles. The first kappa shape index (κ1) is 21.0. The molecule has 1 aromatic carbocycles. The van der Waals surface area contributed by atoms with Gasteiger partial charge in [0.25, 0.3) is 0 Å². The van der Waals surface area contributed by atoms with Crippen LogP contribution in [0.1, 0.15) is 75.7 Å². The lowest BCUT2D eigenvalue weighted by molar-refractivity contribution is -0.00824. The fraction of sp³-hybridized carbons (Fsp3) is 0.625. The molecule has 0 amide bonds. The standard InChI is InChI=1S/C24H31F2NO/c25-23-14-11-21(16-24(23)26)20-9-5-19(6-10-20)17-28-22-12-7-18(8-13-22)4-2-1-3-15-27/h1,3,11,14,16,18-20,22H,2,4-10,12-13,17H2/t18-,19-,20-,22-. The zero-order chi connectivity index (χ0) is 19.8. The van der Waals surface area contributed by atoms with Crippen molar-refractivity contribution in [2.75, 3.05) is 6.61 Å². The summed E-state index contributed by atoms with van der Waals surface area (Å²) in [6.07, 6.45) is 15.2. The largest absolute Gasteiger partial charge is 0.378 e. The highest BCUT2D eigenvalue weighted by molar-refractivity contribution is 5.22. The van der Waals surface area contributed by atoms with Crippen molar-refractivity contribution in [1.82, 2.24) is 0 Å². The highest BCUT2D eigenvalue weighted by Crippen LogP contribution is 2.37. The maximum Gasteiger partial charge on any atom is 0.159 e. The second-order valence-corrected chi connectivity index (χ2v) is 8.48. The number of ether oxygens (including phenoxy) is 1. The van der Waals surface area contributed by atoms with Gasteiger partial charge in [-0.1, -0.05) is 12.1 Å². The van der Waals surface area contributed by atoms with Gasteiger partial charge in [0, 0.05) is 12.7 Å². The van der Waals surface area contributed by atoms with E-state index in [4.69, 9.17) is 10.00 Å². The third-order valence-corrected chi connectivity index (χ3v) is 6.56. The Morgan fingerprint density at radius 3 is 2.36 bits per heavy atom. The summed E-state index contributed by atoms with van der Waals surface area (Å²) in [6.45, 7) is 0.838. The van der Waals surface area contributed by atoms with Gasteiger partial charge in [-0.05, 0) is 99.7 Å². The predicted octanol–water partition coefficient (Wildman–Crippen LogP) is 6.67. The molecule has 0 radical (unpaired) electrons. The number of nitrogens with zero attached hydrogens (tertiary/aromatic N) is 1. The van der Waals surface area contributed by atoms with Crippen molar-refractivity contribution in [3.63, 3.8) is 0 Å². The maximum atomic E-state index is 13.5. The summed E-state index contributed by atoms with van der Waals surface area (Å²) in [6, 6.07) is 6.39. The predicted molar refractivity (Wildman–Crippen MR) is 107 cm³/mol. The Labute approximate surface area is 167 Å². The molecule has 2 fully saturated rings. The first-order valence-electron chi connectivity index (χ1n) is 10.8. The lowest BCUT2D eigenvalue weighted by Gasteiger charge is -2.32. The number of nitriles is 1. The van der Waals surface area contributed by atoms with E-state index in [1.807, 2.05) is 12.1 Å². The molecule has 2 aliphatic rings. The topological polar surface area (TPSA) is 33.0 Å². The number of allylic oxidation sites excluding steroid dienone is 2. The third-order valence-electron chi connectivity index (χ3n) is 6.56. The molecule has 0 aromatic heterocycles. The molecule has 0 aliphatic heterocycles. The van der Waals surface area contributed by atoms with E-state index < -0.39 is 11.6 Å². The molecule has 0 saturated heterocycles. The van der Waals surface area contributed by atoms with Crippen LogP contribution in [0.3, 0.4) is 0 Å². The molecule has 1 aromatic rings. The Bertz CT molecular complexity index is 680. The molecule has 0 unspecified atom stereocenters. The summed E-state index contributed by atoms with van der Waals surface area (Å²) < 4.78 is 32.8. The molecule has 0 bridgehead atoms. The fourth-order valence-corrected chi connectivity index (χ4v) is 4.76. The highest BCUT2D eigenvalue weighted by Gasteiger charge is 2.26. The Morgan fingerprint density at radius 2 is 1.68 bits per heavy atom. The Kier molecular flexibility index (Phi) is 8.03. The number of hydrogen-bond donors (Lipinski definition) is 0. The minimum absolute atomic E-state index is 0.344. The van der Waals surface area contributed by atoms with Gasteiger partial charge < -0.3 is 4.74 Å². The van der Waals surface area contributed by atoms with Crippen molar-refractivity contribution in [1.29, 1.82) is 5.26 Å². The van der Waals surface area contributed by atoms with E-state index in [1.165, 1.54) is 31.4 Å². The van der Waals surface area contributed by atoms with Crippen LogP contribution in [0.15, 0.2) is 30.4 Å². The lowest BCUT2D eigenvalue weighted by Crippen LogP contribution is -2.25. The van der Waals surface area contributed by atoms with E-state index in [0.29, 0.717) is 17.9 Å². The van der Waals surface area contributed by atoms with Gasteiger partial charge in [-0.15, -0.1) is 0 Å². The second-order valence-electron chi connectivity index (χ2n) is 8.48. The summed E-state index contributed by atoms with van der Waals surface area (Å²) in [5, 5.41) is 8.52. The monoisotopic (exact) mass is 387 g/mol. The van der Waals surface area contributed by atoms with Gasteiger partial charge in [0.05, 0.1) is 12.2 Å². The number of rotatable bonds is 7. The molecule has 2 nitrogen and oxygen atoms in total. The molecule has 2 saturated carbocycles. The van der Waals surface area contributed by atoms with Gasteiger partial charge in [-0.2, -0.15) is 5.26 Å². The van der Waals surface area contributed by atoms with E-state index in [9.17, 15) is 8.78 Å². The minimum Gasteiger partial charge on any atom is -0.378 e. The molecule has 28 heavy (non-hydrogen) atoms. The minimum atomic E-state index is -0.765. The summed E-state index contributed by atoms with van der Waals surface area (Å²) in [5.74, 6) is 0.209. The molecule has 0 atom stereocenters. The molecule has 152 valence electrons. The van der Waals surface area contributed by atoms with Gasteiger partial charge in [0.15, 0.2) is 11.6 Å². The quantitative estimate of drug-likeness (QED) is 0.489. The van der Waals surface area contributed by atoms with Crippen molar-refractivity contribution >= 4 is 0 Å². The summed E-state index contributed by atoms with van der Waals surface area (Å²) in [4.78, 5) is 0. The summed E-state index contributed by atoms with van der Waals surface area (Å²) >= 11 is 0. The van der Waals surface area contributed by atoms with E-state index in [0.717, 1.165) is 63.0 Å². The van der Waals surface area contributed by atoms with Crippen LogP contribution in [-0.4, -0.2) is 12.7 Å². The molecular formula is C24H31F2NO. The van der Waals surface area contributed by atoms with Crippen molar-refractivity contribution < 1.29 is 13.5 Å². The number of halogens is 2. The highest BCUT2D eigenvalue weighted by atomic mass is 19.2. The number of benzene rings is 1. The SMILES string of the molecule is N#CC=CCC[C@H]1CC[C@H](OC[C@H]2CC[C@H](c3ccc(F)c(F)c3)CC2)CC1. The fourth-order valence-electron chi connectivity index (χ4n) is 4.76. The smallest absolute Gasteiger partial charge is 0.159 e. The first-order valence-corrected chi connectivity index (χ1v) is 10.8. The number of hydrogen-bond acceptors (Lipinski definition) is 2. The zero-order valence-corrected chi connectivity index (χ0v) is 16.6. The van der Waals surface area contributed by atoms with Crippen LogP contribution < -0.4 is 0 Å². The van der Waals surface area contributed by atoms with Crippen LogP contribution in [0.25, 0.3) is 0 Å². The van der Waals surface area contributed by atoms with Crippen LogP contribution in [-0.2, 0) is 4.74 Å². The van der Waals surface area contributed by atoms with E-state index >= 15 is 0 Å². The average molecular weight is 388 g/mol. The average Bonchev–Trinajstić information content (AvgIpc) is 2.73. The van der Waals surface area contributed by atoms with E-state index in [1.54, 1.807) is 12.1 Å². The molecule has 4 heteroatoms. The van der Waals surface area contributed by atoms with Crippen molar-refractivity contribution in [2.45, 2.75) is 76.2 Å². The molecule has 0 spiro atoms. The molecule has 0 heterocycles. The van der Waals surface area contributed by atoms with Crippen molar-refractivity contribution in [3.8, 4) is 6.07 Å². The van der Waals surface area contributed by atoms with Gasteiger partial charge in [0.1, 0.15) is 0 Å². The van der Waals surface area contributed by atoms with E-state index in [-0.39, 0.29) is 0 Å². The summed E-state index contributed by atoms with van der Waals surface area (Å²) in [5.41, 5.74) is 0.932. The van der Waals surface area contributed by atoms with Gasteiger partial charge in [-0.3, -0.25) is 0 Å². The van der Waals surface area contributed by atoms with Crippen LogP contribution in [0.4, 0.5) is 8.78 Å². The zero-order valence-electron chi connectivity index (χ0n) is 16.6. The second kappa shape index (κ2) is 10.7. The third kappa shape index (κ3) is 6.14. The van der Waals surface area contributed by atoms with Crippen LogP contribution in [0, 0.1) is 34.8 Å². The van der Waals surface area contributed by atoms with Gasteiger partial charge in [0.2, 0.25) is 0 Å².